The van der Waals surface area contributed by atoms with E-state index in [1.54, 1.807) is 0 Å². The minimum Gasteiger partial charge on any atom is -0.480 e. The van der Waals surface area contributed by atoms with Crippen molar-refractivity contribution in [3.63, 3.8) is 0 Å². The van der Waals surface area contributed by atoms with Crippen LogP contribution in [0.25, 0.3) is 5.57 Å². The Kier molecular flexibility index (Phi) is 4.79. The summed E-state index contributed by atoms with van der Waals surface area (Å²) in [6.07, 6.45) is 3.58. The van der Waals surface area contributed by atoms with Gasteiger partial charge in [-0.1, -0.05) is 52.0 Å². The second-order valence-electron chi connectivity index (χ2n) is 6.67. The van der Waals surface area contributed by atoms with Crippen molar-refractivity contribution in [3.8, 4) is 0 Å². The first-order chi connectivity index (χ1) is 12.6. The summed E-state index contributed by atoms with van der Waals surface area (Å²) in [4.78, 5) is 13.0. The van der Waals surface area contributed by atoms with Crippen LogP contribution in [0.1, 0.15) is 29.2 Å². The van der Waals surface area contributed by atoms with Crippen LogP contribution in [0.15, 0.2) is 52.7 Å². The maximum Gasteiger partial charge on any atom is 0.329 e. The third kappa shape index (κ3) is 3.27. The molecular formula is C19H21N2O3S2+. The normalized spacial score (nSPS) is 26.2. The lowest BCUT2D eigenvalue weighted by Gasteiger charge is -2.12. The largest absolute Gasteiger partial charge is 0.480 e. The van der Waals surface area contributed by atoms with Crippen LogP contribution in [-0.2, 0) is 20.0 Å². The molecule has 136 valence electrons. The van der Waals surface area contributed by atoms with Gasteiger partial charge in [-0.15, -0.1) is 4.72 Å². The third-order valence-corrected chi connectivity index (χ3v) is 7.90. The number of hydrogen-bond donors (Lipinski definition) is 3. The van der Waals surface area contributed by atoms with Gasteiger partial charge in [-0.3, -0.25) is 4.79 Å². The summed E-state index contributed by atoms with van der Waals surface area (Å²) in [5.74, 6) is -1.08. The van der Waals surface area contributed by atoms with E-state index in [0.717, 1.165) is 30.0 Å². The van der Waals surface area contributed by atoms with Crippen LogP contribution < -0.4 is 10.0 Å². The predicted molar refractivity (Wildman–Crippen MR) is 105 cm³/mol. The Balaban J connectivity index is 1.51. The van der Waals surface area contributed by atoms with Crippen LogP contribution in [0.2, 0.25) is 0 Å². The molecule has 7 heteroatoms. The second kappa shape index (κ2) is 7.08. The first kappa shape index (κ1) is 17.6. The molecule has 1 aromatic heterocycles. The Hall–Kier alpha value is -1.80. The Morgan fingerprint density at radius 1 is 1.27 bits per heavy atom. The number of carbonyl (C=O) groups is 1. The summed E-state index contributed by atoms with van der Waals surface area (Å²) < 4.78 is 16.5. The minimum atomic E-state index is -1.96. The Labute approximate surface area is 158 Å². The predicted octanol–water partition coefficient (Wildman–Crippen LogP) is 2.70. The SMILES string of the molecule is O=C(O)C1(N[SH+](=O)c2ccc(C3=CCNCC3)s2)C[C@@H]1c1ccccc1. The number of thiol groups is 1. The highest BCUT2D eigenvalue weighted by atomic mass is 32.2. The molecular weight excluding hydrogens is 368 g/mol. The van der Waals surface area contributed by atoms with Crippen molar-refractivity contribution in [2.75, 3.05) is 13.1 Å². The monoisotopic (exact) mass is 389 g/mol. The number of hydrogen-bond acceptors (Lipinski definition) is 4. The van der Waals surface area contributed by atoms with Gasteiger partial charge >= 0.3 is 5.97 Å². The van der Waals surface area contributed by atoms with Gasteiger partial charge in [0, 0.05) is 23.4 Å². The number of benzene rings is 1. The molecule has 1 saturated carbocycles. The summed E-state index contributed by atoms with van der Waals surface area (Å²) in [5.41, 5.74) is 1.11. The molecule has 0 saturated heterocycles. The van der Waals surface area contributed by atoms with Crippen LogP contribution in [0.5, 0.6) is 0 Å². The maximum absolute atomic E-state index is 12.8. The van der Waals surface area contributed by atoms with Crippen molar-refractivity contribution >= 4 is 33.9 Å². The van der Waals surface area contributed by atoms with Gasteiger partial charge in [-0.05, 0) is 36.6 Å². The van der Waals surface area contributed by atoms with Crippen LogP contribution in [0.4, 0.5) is 0 Å². The standard InChI is InChI=1S/C19H20N2O3S2/c22-18(23)19(12-15(19)13-4-2-1-3-5-13)21-26(24)17-7-6-16(25-17)14-8-10-20-11-9-14/h1-8,15,20H,9-12H2,(H,21,24)(H,22,23)/p+1/t15-,19?,26?/m1/s1. The maximum atomic E-state index is 12.8. The zero-order valence-corrected chi connectivity index (χ0v) is 15.9. The van der Waals surface area contributed by atoms with Crippen LogP contribution in [0, 0.1) is 0 Å². The molecule has 0 spiro atoms. The Morgan fingerprint density at radius 2 is 2.08 bits per heavy atom. The van der Waals surface area contributed by atoms with E-state index >= 15 is 0 Å². The van der Waals surface area contributed by atoms with Gasteiger partial charge in [-0.25, -0.2) is 0 Å². The Bertz CT molecular complexity index is 878. The van der Waals surface area contributed by atoms with Crippen LogP contribution >= 0.6 is 11.3 Å². The number of aliphatic carboxylic acids is 1. The molecule has 3 N–H and O–H groups in total. The van der Waals surface area contributed by atoms with Gasteiger partial charge in [-0.2, -0.15) is 0 Å². The van der Waals surface area contributed by atoms with E-state index in [2.05, 4.69) is 16.1 Å². The van der Waals surface area contributed by atoms with Gasteiger partial charge in [0.25, 0.3) is 0 Å². The molecule has 2 aromatic rings. The number of thiophene rings is 1. The number of nitrogens with one attached hydrogen (secondary N) is 2. The lowest BCUT2D eigenvalue weighted by atomic mass is 10.1. The molecule has 2 heterocycles. The highest BCUT2D eigenvalue weighted by Crippen LogP contribution is 2.52. The van der Waals surface area contributed by atoms with Gasteiger partial charge in [0.05, 0.1) is 0 Å². The van der Waals surface area contributed by atoms with E-state index in [1.807, 2.05) is 42.5 Å². The molecule has 0 bridgehead atoms. The second-order valence-corrected chi connectivity index (χ2v) is 9.35. The number of carboxylic acid groups (broad SMARTS) is 1. The average molecular weight is 390 g/mol. The van der Waals surface area contributed by atoms with Crippen molar-refractivity contribution in [2.45, 2.75) is 28.5 Å². The van der Waals surface area contributed by atoms with E-state index in [0.29, 0.717) is 10.6 Å². The molecule has 1 aliphatic carbocycles. The highest BCUT2D eigenvalue weighted by Gasteiger charge is 2.64. The van der Waals surface area contributed by atoms with Gasteiger partial charge in [0.2, 0.25) is 4.21 Å². The van der Waals surface area contributed by atoms with Crippen LogP contribution in [0.3, 0.4) is 0 Å². The summed E-state index contributed by atoms with van der Waals surface area (Å²) in [6, 6.07) is 13.4. The lowest BCUT2D eigenvalue weighted by Crippen LogP contribution is -2.41. The van der Waals surface area contributed by atoms with Crippen molar-refractivity contribution in [2.24, 2.45) is 0 Å². The van der Waals surface area contributed by atoms with Crippen molar-refractivity contribution in [3.05, 3.63) is 59.0 Å². The lowest BCUT2D eigenvalue weighted by molar-refractivity contribution is -0.140. The molecule has 1 aliphatic heterocycles. The smallest absolute Gasteiger partial charge is 0.329 e. The summed E-state index contributed by atoms with van der Waals surface area (Å²) in [5, 5.41) is 13.0. The van der Waals surface area contributed by atoms with Crippen molar-refractivity contribution < 1.29 is 14.1 Å². The zero-order chi connectivity index (χ0) is 18.1. The number of rotatable bonds is 6. The van der Waals surface area contributed by atoms with Crippen LogP contribution in [-0.4, -0.2) is 29.7 Å². The molecule has 2 aliphatic rings. The molecule has 0 radical (unpaired) electrons. The molecule has 3 atom stereocenters. The first-order valence-corrected chi connectivity index (χ1v) is 10.7. The zero-order valence-electron chi connectivity index (χ0n) is 14.1. The minimum absolute atomic E-state index is 0.147. The summed E-state index contributed by atoms with van der Waals surface area (Å²) in [6.45, 7) is 1.80. The fraction of sp³-hybridized carbons (Fsp3) is 0.316. The van der Waals surface area contributed by atoms with Gasteiger partial charge in [0.1, 0.15) is 0 Å². The van der Waals surface area contributed by atoms with E-state index in [4.69, 9.17) is 0 Å². The van der Waals surface area contributed by atoms with E-state index in [-0.39, 0.29) is 5.92 Å². The summed E-state index contributed by atoms with van der Waals surface area (Å²) in [7, 11) is -1.96. The highest BCUT2D eigenvalue weighted by molar-refractivity contribution is 7.85. The van der Waals surface area contributed by atoms with Crippen molar-refractivity contribution in [1.82, 2.24) is 10.0 Å². The van der Waals surface area contributed by atoms with E-state index in [1.165, 1.54) is 16.9 Å². The third-order valence-electron chi connectivity index (χ3n) is 5.02. The molecule has 0 amide bonds. The average Bonchev–Trinajstić information content (AvgIpc) is 3.19. The fourth-order valence-electron chi connectivity index (χ4n) is 3.45. The summed E-state index contributed by atoms with van der Waals surface area (Å²) >= 11 is 1.49. The molecule has 26 heavy (non-hydrogen) atoms. The van der Waals surface area contributed by atoms with Gasteiger partial charge < -0.3 is 10.4 Å². The molecule has 1 aromatic carbocycles. The van der Waals surface area contributed by atoms with E-state index < -0.39 is 22.5 Å². The molecule has 2 unspecified atom stereocenters. The molecule has 4 rings (SSSR count). The molecule has 1 fully saturated rings. The van der Waals surface area contributed by atoms with Gasteiger partial charge in [0.15, 0.2) is 16.5 Å². The van der Waals surface area contributed by atoms with Crippen molar-refractivity contribution in [1.29, 1.82) is 0 Å². The quantitative estimate of drug-likeness (QED) is 0.524. The van der Waals surface area contributed by atoms with E-state index in [9.17, 15) is 14.1 Å². The number of carboxylic acids is 1. The topological polar surface area (TPSA) is 78.4 Å². The molecule has 5 nitrogen and oxygen atoms in total. The first-order valence-electron chi connectivity index (χ1n) is 8.63. The fourth-order valence-corrected chi connectivity index (χ4v) is 6.05. The Morgan fingerprint density at radius 3 is 2.77 bits per heavy atom.